The highest BCUT2D eigenvalue weighted by Crippen LogP contribution is 2.33. The average Bonchev–Trinajstić information content (AvgIpc) is 3.59. The van der Waals surface area contributed by atoms with E-state index in [1.807, 2.05) is 17.0 Å². The lowest BCUT2D eigenvalue weighted by atomic mass is 10.0. The monoisotopic (exact) mass is 452 g/mol. The Labute approximate surface area is 193 Å². The number of aromatic nitrogens is 3. The molecule has 4 rings (SSSR count). The number of hydrogen-bond acceptors (Lipinski definition) is 7. The molecule has 0 bridgehead atoms. The van der Waals surface area contributed by atoms with Crippen molar-refractivity contribution >= 4 is 11.6 Å². The Morgan fingerprint density at radius 1 is 1.36 bits per heavy atom. The second kappa shape index (κ2) is 10.2. The first-order valence-electron chi connectivity index (χ1n) is 11.5. The van der Waals surface area contributed by atoms with Crippen LogP contribution in [-0.4, -0.2) is 71.1 Å². The molecule has 1 amide bonds. The van der Waals surface area contributed by atoms with E-state index in [4.69, 9.17) is 4.74 Å². The van der Waals surface area contributed by atoms with Gasteiger partial charge in [0.2, 0.25) is 11.8 Å². The summed E-state index contributed by atoms with van der Waals surface area (Å²) in [5.41, 5.74) is 1.87. The van der Waals surface area contributed by atoms with Gasteiger partial charge in [-0.05, 0) is 24.8 Å². The predicted molar refractivity (Wildman–Crippen MR) is 127 cm³/mol. The summed E-state index contributed by atoms with van der Waals surface area (Å²) in [5, 5.41) is 3.26. The fourth-order valence-electron chi connectivity index (χ4n) is 3.84. The molecule has 0 spiro atoms. The molecule has 1 saturated heterocycles. The number of amides is 1. The van der Waals surface area contributed by atoms with Crippen LogP contribution >= 0.6 is 0 Å². The standard InChI is InChI=1S/C24H32N6O3/c1-16(2)26-8-4-5-23(31)29-14-19(15-29)30(13-17-6-7-17)21-9-18(10-27-24(21)32)20-11-25-12-22(28-20)33-3/h4-5,9-12,16-17,19,26H,6-8,13-15H2,1-3H3,(H,27,32)/b5-4+. The smallest absolute Gasteiger partial charge is 0.271 e. The first-order valence-corrected chi connectivity index (χ1v) is 11.5. The minimum Gasteiger partial charge on any atom is -0.480 e. The van der Waals surface area contributed by atoms with Crippen LogP contribution in [-0.2, 0) is 4.79 Å². The van der Waals surface area contributed by atoms with E-state index in [1.54, 1.807) is 31.8 Å². The second-order valence-corrected chi connectivity index (χ2v) is 9.01. The van der Waals surface area contributed by atoms with E-state index in [0.717, 1.165) is 12.1 Å². The Bertz CT molecular complexity index is 1060. The van der Waals surface area contributed by atoms with Gasteiger partial charge in [-0.1, -0.05) is 19.9 Å². The lowest BCUT2D eigenvalue weighted by molar-refractivity contribution is -0.130. The number of H-pyrrole nitrogens is 1. The van der Waals surface area contributed by atoms with E-state index in [9.17, 15) is 9.59 Å². The number of nitrogens with zero attached hydrogens (tertiary/aromatic N) is 4. The molecule has 2 aromatic heterocycles. The zero-order valence-corrected chi connectivity index (χ0v) is 19.5. The summed E-state index contributed by atoms with van der Waals surface area (Å²) in [6.45, 7) is 6.84. The molecule has 0 unspecified atom stereocenters. The van der Waals surface area contributed by atoms with Crippen molar-refractivity contribution in [2.24, 2.45) is 5.92 Å². The molecular weight excluding hydrogens is 420 g/mol. The van der Waals surface area contributed by atoms with E-state index in [1.165, 1.54) is 12.8 Å². The van der Waals surface area contributed by atoms with Gasteiger partial charge >= 0.3 is 0 Å². The number of carbonyl (C=O) groups is 1. The Kier molecular flexibility index (Phi) is 7.08. The van der Waals surface area contributed by atoms with Crippen LogP contribution in [0.5, 0.6) is 5.88 Å². The summed E-state index contributed by atoms with van der Waals surface area (Å²) in [7, 11) is 1.54. The van der Waals surface area contributed by atoms with Gasteiger partial charge in [0, 0.05) is 50.1 Å². The number of anilines is 1. The van der Waals surface area contributed by atoms with Crippen molar-refractivity contribution in [2.75, 3.05) is 38.2 Å². The SMILES string of the molecule is COc1cncc(-c2c[nH]c(=O)c(N(CC3CC3)C3CN(C(=O)/C=C/CNC(C)C)C3)c2)n1. The van der Waals surface area contributed by atoms with Gasteiger partial charge in [0.1, 0.15) is 5.69 Å². The molecule has 9 heteroatoms. The van der Waals surface area contributed by atoms with Crippen molar-refractivity contribution in [3.63, 3.8) is 0 Å². The Hall–Kier alpha value is -3.20. The molecule has 1 aliphatic heterocycles. The van der Waals surface area contributed by atoms with Crippen molar-refractivity contribution in [2.45, 2.75) is 38.8 Å². The van der Waals surface area contributed by atoms with Gasteiger partial charge in [-0.2, -0.15) is 0 Å². The summed E-state index contributed by atoms with van der Waals surface area (Å²) >= 11 is 0. The van der Waals surface area contributed by atoms with Crippen LogP contribution in [0.3, 0.4) is 0 Å². The van der Waals surface area contributed by atoms with Gasteiger partial charge < -0.3 is 24.8 Å². The summed E-state index contributed by atoms with van der Waals surface area (Å²) in [6, 6.07) is 2.36. The first kappa shape index (κ1) is 23.0. The summed E-state index contributed by atoms with van der Waals surface area (Å²) in [4.78, 5) is 40.7. The minimum absolute atomic E-state index is 0.0116. The number of rotatable bonds is 10. The van der Waals surface area contributed by atoms with Gasteiger partial charge in [-0.15, -0.1) is 0 Å². The number of aromatic amines is 1. The van der Waals surface area contributed by atoms with Gasteiger partial charge in [-0.25, -0.2) is 4.98 Å². The molecule has 2 N–H and O–H groups in total. The van der Waals surface area contributed by atoms with Crippen LogP contribution in [0.25, 0.3) is 11.3 Å². The number of methoxy groups -OCH3 is 1. The molecule has 176 valence electrons. The van der Waals surface area contributed by atoms with E-state index >= 15 is 0 Å². The third-order valence-electron chi connectivity index (χ3n) is 5.98. The fraction of sp³-hybridized carbons (Fsp3) is 0.500. The van der Waals surface area contributed by atoms with Crippen LogP contribution in [0.1, 0.15) is 26.7 Å². The molecule has 33 heavy (non-hydrogen) atoms. The average molecular weight is 453 g/mol. The zero-order valence-electron chi connectivity index (χ0n) is 19.5. The van der Waals surface area contributed by atoms with Crippen molar-refractivity contribution in [1.82, 2.24) is 25.2 Å². The topological polar surface area (TPSA) is 103 Å². The van der Waals surface area contributed by atoms with Gasteiger partial charge in [0.15, 0.2) is 0 Å². The Balaban J connectivity index is 1.48. The van der Waals surface area contributed by atoms with E-state index in [2.05, 4.69) is 39.0 Å². The number of pyridine rings is 1. The molecule has 1 saturated carbocycles. The largest absolute Gasteiger partial charge is 0.480 e. The van der Waals surface area contributed by atoms with Gasteiger partial charge in [0.05, 0.1) is 31.2 Å². The second-order valence-electron chi connectivity index (χ2n) is 9.01. The van der Waals surface area contributed by atoms with Crippen LogP contribution in [0, 0.1) is 5.92 Å². The van der Waals surface area contributed by atoms with E-state index < -0.39 is 0 Å². The molecule has 2 fully saturated rings. The highest BCUT2D eigenvalue weighted by atomic mass is 16.5. The Morgan fingerprint density at radius 2 is 2.15 bits per heavy atom. The molecular formula is C24H32N6O3. The normalized spacial score (nSPS) is 16.3. The number of likely N-dealkylation sites (tertiary alicyclic amines) is 1. The summed E-state index contributed by atoms with van der Waals surface area (Å²) in [6.07, 6.45) is 10.7. The number of hydrogen-bond donors (Lipinski definition) is 2. The van der Waals surface area contributed by atoms with Crippen molar-refractivity contribution in [1.29, 1.82) is 0 Å². The van der Waals surface area contributed by atoms with Crippen molar-refractivity contribution in [3.05, 3.63) is 47.2 Å². The van der Waals surface area contributed by atoms with Crippen LogP contribution in [0.4, 0.5) is 5.69 Å². The number of carbonyl (C=O) groups excluding carboxylic acids is 1. The molecule has 0 radical (unpaired) electrons. The molecule has 0 aromatic carbocycles. The summed E-state index contributed by atoms with van der Waals surface area (Å²) < 4.78 is 5.18. The Morgan fingerprint density at radius 3 is 2.85 bits per heavy atom. The lowest BCUT2D eigenvalue weighted by Gasteiger charge is -2.46. The number of ether oxygens (including phenoxy) is 1. The molecule has 0 atom stereocenters. The molecule has 1 aliphatic carbocycles. The minimum atomic E-state index is -0.139. The predicted octanol–water partition coefficient (Wildman–Crippen LogP) is 1.82. The maximum atomic E-state index is 12.8. The molecule has 9 nitrogen and oxygen atoms in total. The summed E-state index contributed by atoms with van der Waals surface area (Å²) in [5.74, 6) is 1.02. The highest BCUT2D eigenvalue weighted by molar-refractivity contribution is 5.88. The van der Waals surface area contributed by atoms with Crippen LogP contribution in [0.15, 0.2) is 41.6 Å². The third kappa shape index (κ3) is 5.78. The van der Waals surface area contributed by atoms with E-state index in [0.29, 0.717) is 48.9 Å². The van der Waals surface area contributed by atoms with Gasteiger partial charge in [-0.3, -0.25) is 14.6 Å². The van der Waals surface area contributed by atoms with Crippen molar-refractivity contribution < 1.29 is 9.53 Å². The quantitative estimate of drug-likeness (QED) is 0.530. The van der Waals surface area contributed by atoms with Gasteiger partial charge in [0.25, 0.3) is 5.56 Å². The molecule has 2 aliphatic rings. The zero-order chi connectivity index (χ0) is 23.4. The van der Waals surface area contributed by atoms with Crippen LogP contribution < -0.4 is 20.5 Å². The first-order chi connectivity index (χ1) is 15.9. The number of nitrogens with one attached hydrogen (secondary N) is 2. The maximum Gasteiger partial charge on any atom is 0.271 e. The highest BCUT2D eigenvalue weighted by Gasteiger charge is 2.37. The molecule has 3 heterocycles. The van der Waals surface area contributed by atoms with E-state index in [-0.39, 0.29) is 17.5 Å². The van der Waals surface area contributed by atoms with Crippen molar-refractivity contribution in [3.8, 4) is 17.1 Å². The van der Waals surface area contributed by atoms with Crippen LogP contribution in [0.2, 0.25) is 0 Å². The third-order valence-corrected chi connectivity index (χ3v) is 5.98. The fourth-order valence-corrected chi connectivity index (χ4v) is 3.84. The lowest BCUT2D eigenvalue weighted by Crippen LogP contribution is -2.62. The maximum absolute atomic E-state index is 12.8. The molecule has 2 aromatic rings.